The minimum Gasteiger partial charge on any atom is -0.310 e. The topological polar surface area (TPSA) is 6.48 Å². The third-order valence-electron chi connectivity index (χ3n) is 15.5. The van der Waals surface area contributed by atoms with Crippen LogP contribution < -0.4 is 9.80 Å². The summed E-state index contributed by atoms with van der Waals surface area (Å²) < 4.78 is 0. The molecule has 2 aliphatic carbocycles. The maximum atomic E-state index is 2.51. The molecular formula is C73H50N2. The van der Waals surface area contributed by atoms with Crippen LogP contribution in [0.4, 0.5) is 34.1 Å². The predicted molar refractivity (Wildman–Crippen MR) is 314 cm³/mol. The molecule has 14 rings (SSSR count). The average molecular weight is 955 g/mol. The molecular weight excluding hydrogens is 905 g/mol. The minimum absolute atomic E-state index is 0.632. The number of fused-ring (bicyclic) bond motifs is 10. The molecule has 0 aliphatic heterocycles. The molecule has 0 N–H and O–H groups in total. The molecule has 0 bridgehead atoms. The summed E-state index contributed by atoms with van der Waals surface area (Å²) >= 11 is 0. The smallest absolute Gasteiger partial charge is 0.0727 e. The van der Waals surface area contributed by atoms with E-state index in [2.05, 4.69) is 313 Å². The van der Waals surface area contributed by atoms with E-state index < -0.39 is 5.41 Å². The first-order chi connectivity index (χ1) is 37.2. The van der Waals surface area contributed by atoms with E-state index in [0.717, 1.165) is 45.3 Å². The Labute approximate surface area is 439 Å². The molecule has 352 valence electrons. The van der Waals surface area contributed by atoms with Gasteiger partial charge in [0.15, 0.2) is 0 Å². The van der Waals surface area contributed by atoms with Crippen LogP contribution in [0.2, 0.25) is 0 Å². The molecule has 0 aromatic heterocycles. The van der Waals surface area contributed by atoms with Gasteiger partial charge in [-0.05, 0) is 127 Å². The van der Waals surface area contributed by atoms with Crippen LogP contribution in [0.15, 0.2) is 303 Å². The van der Waals surface area contributed by atoms with Gasteiger partial charge in [0.25, 0.3) is 0 Å². The standard InChI is InChI=1S/C73H50N2/c1-5-22-51(23-6-1)53-40-44-57(45-41-53)74(69-37-19-15-30-60(69)55-26-9-3-10-27-55)59-48-49-63-62-32-13-17-34-65(62)73(68(63)50-59)66-35-18-14-33-64(66)72-67(73)36-21-39-71(72)75(58-46-42-54(43-47-58)52-24-7-2-8-25-52)70-38-20-16-31-61(70)56-28-11-4-12-29-56/h1-50H. The molecule has 0 amide bonds. The molecule has 2 heteroatoms. The van der Waals surface area contributed by atoms with Gasteiger partial charge in [0, 0.05) is 33.8 Å². The van der Waals surface area contributed by atoms with Crippen LogP contribution in [0.3, 0.4) is 0 Å². The largest absolute Gasteiger partial charge is 0.310 e. The van der Waals surface area contributed by atoms with Gasteiger partial charge >= 0.3 is 0 Å². The van der Waals surface area contributed by atoms with Crippen LogP contribution in [0.1, 0.15) is 22.3 Å². The van der Waals surface area contributed by atoms with E-state index in [1.54, 1.807) is 0 Å². The number of nitrogens with zero attached hydrogens (tertiary/aromatic N) is 2. The van der Waals surface area contributed by atoms with Crippen molar-refractivity contribution in [3.63, 3.8) is 0 Å². The third-order valence-corrected chi connectivity index (χ3v) is 15.5. The second-order valence-corrected chi connectivity index (χ2v) is 19.5. The van der Waals surface area contributed by atoms with Crippen molar-refractivity contribution in [2.45, 2.75) is 5.41 Å². The van der Waals surface area contributed by atoms with Crippen molar-refractivity contribution in [3.05, 3.63) is 326 Å². The quantitative estimate of drug-likeness (QED) is 0.135. The second-order valence-electron chi connectivity index (χ2n) is 19.5. The van der Waals surface area contributed by atoms with Gasteiger partial charge in [0.2, 0.25) is 0 Å². The summed E-state index contributed by atoms with van der Waals surface area (Å²) in [5, 5.41) is 0. The fourth-order valence-corrected chi connectivity index (χ4v) is 12.2. The summed E-state index contributed by atoms with van der Waals surface area (Å²) in [4.78, 5) is 4.97. The van der Waals surface area contributed by atoms with Gasteiger partial charge in [-0.25, -0.2) is 0 Å². The highest BCUT2D eigenvalue weighted by Crippen LogP contribution is 2.65. The number of benzene rings is 12. The molecule has 12 aromatic carbocycles. The van der Waals surface area contributed by atoms with Gasteiger partial charge in [-0.15, -0.1) is 0 Å². The van der Waals surface area contributed by atoms with Crippen molar-refractivity contribution in [1.29, 1.82) is 0 Å². The second kappa shape index (κ2) is 18.4. The van der Waals surface area contributed by atoms with Gasteiger partial charge in [-0.1, -0.05) is 249 Å². The SMILES string of the molecule is c1ccc(-c2ccc(N(c3ccc4c(c3)C3(c5ccccc5-4)c4ccccc4-c4c(N(c5ccc(-c6ccccc6)cc5)c5ccccc5-c5ccccc5)cccc43)c3ccccc3-c3ccccc3)cc2)cc1. The van der Waals surface area contributed by atoms with Gasteiger partial charge in [-0.3, -0.25) is 0 Å². The first kappa shape index (κ1) is 44.0. The molecule has 1 unspecified atom stereocenters. The number of anilines is 6. The summed E-state index contributed by atoms with van der Waals surface area (Å²) in [5.41, 5.74) is 25.5. The van der Waals surface area contributed by atoms with E-state index in [-0.39, 0.29) is 0 Å². The number of hydrogen-bond acceptors (Lipinski definition) is 2. The molecule has 75 heavy (non-hydrogen) atoms. The number of para-hydroxylation sites is 2. The lowest BCUT2D eigenvalue weighted by Crippen LogP contribution is -2.26. The summed E-state index contributed by atoms with van der Waals surface area (Å²) in [6.07, 6.45) is 0. The Balaban J connectivity index is 1.01. The van der Waals surface area contributed by atoms with Crippen molar-refractivity contribution in [2.75, 3.05) is 9.80 Å². The Morgan fingerprint density at radius 2 is 0.560 bits per heavy atom. The molecule has 2 nitrogen and oxygen atoms in total. The average Bonchev–Trinajstić information content (AvgIpc) is 4.15. The first-order valence-electron chi connectivity index (χ1n) is 25.9. The lowest BCUT2D eigenvalue weighted by molar-refractivity contribution is 0.793. The van der Waals surface area contributed by atoms with Crippen LogP contribution in [0, 0.1) is 0 Å². The van der Waals surface area contributed by atoms with E-state index in [1.807, 2.05) is 0 Å². The third kappa shape index (κ3) is 7.25. The first-order valence-corrected chi connectivity index (χ1v) is 25.9. The molecule has 0 saturated heterocycles. The molecule has 1 spiro atoms. The van der Waals surface area contributed by atoms with Crippen LogP contribution in [-0.2, 0) is 5.41 Å². The summed E-state index contributed by atoms with van der Waals surface area (Å²) in [7, 11) is 0. The fraction of sp³-hybridized carbons (Fsp3) is 0.0137. The highest BCUT2D eigenvalue weighted by atomic mass is 15.2. The van der Waals surface area contributed by atoms with Crippen molar-refractivity contribution in [2.24, 2.45) is 0 Å². The van der Waals surface area contributed by atoms with Gasteiger partial charge < -0.3 is 9.80 Å². The Morgan fingerprint density at radius 3 is 1.11 bits per heavy atom. The van der Waals surface area contributed by atoms with Gasteiger partial charge in [0.1, 0.15) is 0 Å². The van der Waals surface area contributed by atoms with Crippen LogP contribution >= 0.6 is 0 Å². The van der Waals surface area contributed by atoms with Crippen LogP contribution in [0.25, 0.3) is 66.8 Å². The molecule has 0 heterocycles. The van der Waals surface area contributed by atoms with E-state index in [0.29, 0.717) is 0 Å². The molecule has 0 saturated carbocycles. The maximum Gasteiger partial charge on any atom is 0.0727 e. The van der Waals surface area contributed by atoms with E-state index in [9.17, 15) is 0 Å². The summed E-state index contributed by atoms with van der Waals surface area (Å²) in [6.45, 7) is 0. The highest BCUT2D eigenvalue weighted by molar-refractivity contribution is 6.03. The Hall–Kier alpha value is -9.76. The molecule has 12 aromatic rings. The zero-order chi connectivity index (χ0) is 49.7. The molecule has 0 fully saturated rings. The monoisotopic (exact) mass is 954 g/mol. The Morgan fingerprint density at radius 1 is 0.200 bits per heavy atom. The van der Waals surface area contributed by atoms with E-state index in [1.165, 1.54) is 77.9 Å². The Kier molecular flexibility index (Phi) is 10.8. The Bertz CT molecular complexity index is 4030. The van der Waals surface area contributed by atoms with Crippen molar-refractivity contribution in [1.82, 2.24) is 0 Å². The maximum absolute atomic E-state index is 2.51. The summed E-state index contributed by atoms with van der Waals surface area (Å²) in [6, 6.07) is 111. The molecule has 0 radical (unpaired) electrons. The lowest BCUT2D eigenvalue weighted by atomic mass is 9.70. The minimum atomic E-state index is -0.632. The zero-order valence-corrected chi connectivity index (χ0v) is 41.3. The fourth-order valence-electron chi connectivity index (χ4n) is 12.2. The molecule has 2 aliphatic rings. The number of rotatable bonds is 10. The zero-order valence-electron chi connectivity index (χ0n) is 41.3. The lowest BCUT2D eigenvalue weighted by Gasteiger charge is -2.33. The van der Waals surface area contributed by atoms with E-state index >= 15 is 0 Å². The predicted octanol–water partition coefficient (Wildman–Crippen LogP) is 19.6. The van der Waals surface area contributed by atoms with Crippen molar-refractivity contribution in [3.8, 4) is 66.8 Å². The van der Waals surface area contributed by atoms with Gasteiger partial charge in [-0.2, -0.15) is 0 Å². The van der Waals surface area contributed by atoms with Crippen molar-refractivity contribution >= 4 is 34.1 Å². The molecule has 1 atom stereocenters. The van der Waals surface area contributed by atoms with E-state index in [4.69, 9.17) is 0 Å². The highest BCUT2D eigenvalue weighted by Gasteiger charge is 2.52. The van der Waals surface area contributed by atoms with Crippen molar-refractivity contribution < 1.29 is 0 Å². The van der Waals surface area contributed by atoms with Crippen LogP contribution in [0.5, 0.6) is 0 Å². The summed E-state index contributed by atoms with van der Waals surface area (Å²) in [5.74, 6) is 0. The van der Waals surface area contributed by atoms with Crippen LogP contribution in [-0.4, -0.2) is 0 Å². The normalized spacial score (nSPS) is 13.7. The number of hydrogen-bond donors (Lipinski definition) is 0. The van der Waals surface area contributed by atoms with Gasteiger partial charge in [0.05, 0.1) is 22.5 Å².